The van der Waals surface area contributed by atoms with Crippen LogP contribution in [0.5, 0.6) is 0 Å². The van der Waals surface area contributed by atoms with Crippen molar-refractivity contribution in [2.75, 3.05) is 29.2 Å². The molecule has 1 aromatic heterocycles. The zero-order valence-corrected chi connectivity index (χ0v) is 12.2. The lowest BCUT2D eigenvalue weighted by atomic mass is 10.4. The summed E-state index contributed by atoms with van der Waals surface area (Å²) < 4.78 is 0.891. The van der Waals surface area contributed by atoms with Crippen LogP contribution in [-0.4, -0.2) is 34.6 Å². The molecule has 4 nitrogen and oxygen atoms in total. The molecular weight excluding hydrogens is 288 g/mol. The largest absolute Gasteiger partial charge is 0.366 e. The van der Waals surface area contributed by atoms with E-state index < -0.39 is 0 Å². The minimum Gasteiger partial charge on any atom is -0.366 e. The molecule has 0 saturated carbocycles. The van der Waals surface area contributed by atoms with E-state index in [1.54, 1.807) is 6.20 Å². The molecule has 0 bridgehead atoms. The topological polar surface area (TPSA) is 49.8 Å². The van der Waals surface area contributed by atoms with Gasteiger partial charge in [0.15, 0.2) is 0 Å². The third-order valence-corrected chi connectivity index (χ3v) is 3.29. The highest BCUT2D eigenvalue weighted by Crippen LogP contribution is 2.21. The van der Waals surface area contributed by atoms with Crippen molar-refractivity contribution in [3.05, 3.63) is 10.7 Å². The quantitative estimate of drug-likeness (QED) is 0.846. The van der Waals surface area contributed by atoms with Gasteiger partial charge in [0, 0.05) is 24.5 Å². The van der Waals surface area contributed by atoms with Gasteiger partial charge in [-0.15, -0.1) is 0 Å². The highest BCUT2D eigenvalue weighted by atomic mass is 79.9. The third kappa shape index (κ3) is 4.17. The highest BCUT2D eigenvalue weighted by molar-refractivity contribution is 9.10. The molecule has 0 aliphatic carbocycles. The normalized spacial score (nSPS) is 12.2. The molecule has 0 radical (unpaired) electrons. The van der Waals surface area contributed by atoms with E-state index in [2.05, 4.69) is 49.7 Å². The molecule has 0 aliphatic rings. The molecule has 0 saturated heterocycles. The van der Waals surface area contributed by atoms with Gasteiger partial charge in [0.05, 0.1) is 4.47 Å². The van der Waals surface area contributed by atoms with Crippen molar-refractivity contribution in [1.29, 1.82) is 0 Å². The predicted molar refractivity (Wildman–Crippen MR) is 75.4 cm³/mol. The summed E-state index contributed by atoms with van der Waals surface area (Å²) in [4.78, 5) is 8.56. The number of hydrogen-bond acceptors (Lipinski definition) is 5. The Morgan fingerprint density at radius 3 is 2.94 bits per heavy atom. The number of halogens is 1. The molecule has 16 heavy (non-hydrogen) atoms. The number of aromatic nitrogens is 2. The summed E-state index contributed by atoms with van der Waals surface area (Å²) in [7, 11) is 0. The Labute approximate surface area is 109 Å². The van der Waals surface area contributed by atoms with Crippen LogP contribution < -0.4 is 10.6 Å². The highest BCUT2D eigenvalue weighted by Gasteiger charge is 2.07. The molecule has 0 fully saturated rings. The lowest BCUT2D eigenvalue weighted by Crippen LogP contribution is -2.19. The second-order valence-corrected chi connectivity index (χ2v) is 5.19. The van der Waals surface area contributed by atoms with E-state index in [-0.39, 0.29) is 0 Å². The van der Waals surface area contributed by atoms with Gasteiger partial charge in [0.2, 0.25) is 5.95 Å². The average Bonchev–Trinajstić information content (AvgIpc) is 2.24. The molecule has 1 unspecified atom stereocenters. The van der Waals surface area contributed by atoms with E-state index >= 15 is 0 Å². The minimum atomic E-state index is 0.385. The van der Waals surface area contributed by atoms with E-state index in [1.807, 2.05) is 18.7 Å². The fraction of sp³-hybridized carbons (Fsp3) is 0.600. The minimum absolute atomic E-state index is 0.385. The van der Waals surface area contributed by atoms with Crippen molar-refractivity contribution in [1.82, 2.24) is 9.97 Å². The van der Waals surface area contributed by atoms with Gasteiger partial charge in [-0.2, -0.15) is 16.7 Å². The summed E-state index contributed by atoms with van der Waals surface area (Å²) in [6, 6.07) is 0.385. The zero-order valence-electron chi connectivity index (χ0n) is 9.75. The molecule has 0 aliphatic heterocycles. The van der Waals surface area contributed by atoms with Gasteiger partial charge in [-0.3, -0.25) is 0 Å². The first-order valence-electron chi connectivity index (χ1n) is 5.19. The smallest absolute Gasteiger partial charge is 0.224 e. The summed E-state index contributed by atoms with van der Waals surface area (Å²) in [6.07, 6.45) is 3.86. The molecule has 90 valence electrons. The first kappa shape index (κ1) is 13.6. The second-order valence-electron chi connectivity index (χ2n) is 3.42. The SMILES string of the molecule is CCNc1ncc(Br)c(NC(C)CSC)n1. The lowest BCUT2D eigenvalue weighted by Gasteiger charge is -2.14. The maximum Gasteiger partial charge on any atom is 0.224 e. The van der Waals surface area contributed by atoms with Crippen LogP contribution in [0.1, 0.15) is 13.8 Å². The Morgan fingerprint density at radius 2 is 2.31 bits per heavy atom. The predicted octanol–water partition coefficient (Wildman–Crippen LogP) is 2.83. The molecule has 0 spiro atoms. The molecular formula is C10H17BrN4S. The van der Waals surface area contributed by atoms with Crippen LogP contribution >= 0.6 is 27.7 Å². The van der Waals surface area contributed by atoms with Gasteiger partial charge < -0.3 is 10.6 Å². The summed E-state index contributed by atoms with van der Waals surface area (Å²) in [5.74, 6) is 2.55. The first-order valence-corrected chi connectivity index (χ1v) is 7.38. The van der Waals surface area contributed by atoms with Crippen LogP contribution in [0.2, 0.25) is 0 Å². The number of nitrogens with zero attached hydrogens (tertiary/aromatic N) is 2. The zero-order chi connectivity index (χ0) is 12.0. The van der Waals surface area contributed by atoms with E-state index in [1.165, 1.54) is 0 Å². The van der Waals surface area contributed by atoms with Crippen LogP contribution in [0.3, 0.4) is 0 Å². The fourth-order valence-electron chi connectivity index (χ4n) is 1.24. The first-order chi connectivity index (χ1) is 7.67. The molecule has 2 N–H and O–H groups in total. The summed E-state index contributed by atoms with van der Waals surface area (Å²) in [6.45, 7) is 4.98. The number of rotatable bonds is 6. The van der Waals surface area contributed by atoms with Gasteiger partial charge in [-0.25, -0.2) is 4.98 Å². The van der Waals surface area contributed by atoms with Crippen molar-refractivity contribution in [2.45, 2.75) is 19.9 Å². The van der Waals surface area contributed by atoms with Crippen LogP contribution in [0.25, 0.3) is 0 Å². The Hall–Kier alpha value is -0.490. The van der Waals surface area contributed by atoms with E-state index in [9.17, 15) is 0 Å². The Morgan fingerprint density at radius 1 is 1.56 bits per heavy atom. The van der Waals surface area contributed by atoms with Crippen LogP contribution in [0.15, 0.2) is 10.7 Å². The maximum absolute atomic E-state index is 4.39. The summed E-state index contributed by atoms with van der Waals surface area (Å²) >= 11 is 5.25. The van der Waals surface area contributed by atoms with E-state index in [4.69, 9.17) is 0 Å². The van der Waals surface area contributed by atoms with Crippen LogP contribution in [0.4, 0.5) is 11.8 Å². The van der Waals surface area contributed by atoms with Crippen molar-refractivity contribution in [2.24, 2.45) is 0 Å². The van der Waals surface area contributed by atoms with Crippen LogP contribution in [0, 0.1) is 0 Å². The average molecular weight is 305 g/mol. The molecule has 1 atom stereocenters. The van der Waals surface area contributed by atoms with E-state index in [0.29, 0.717) is 12.0 Å². The number of hydrogen-bond donors (Lipinski definition) is 2. The number of nitrogens with one attached hydrogen (secondary N) is 2. The van der Waals surface area contributed by atoms with Gasteiger partial charge >= 0.3 is 0 Å². The van der Waals surface area contributed by atoms with Crippen molar-refractivity contribution < 1.29 is 0 Å². The maximum atomic E-state index is 4.39. The molecule has 6 heteroatoms. The van der Waals surface area contributed by atoms with Crippen molar-refractivity contribution >= 4 is 39.5 Å². The summed E-state index contributed by atoms with van der Waals surface area (Å²) in [5.41, 5.74) is 0. The molecule has 1 heterocycles. The standard InChI is InChI=1S/C10H17BrN4S/c1-4-12-10-13-5-8(11)9(15-10)14-7(2)6-16-3/h5,7H,4,6H2,1-3H3,(H2,12,13,14,15). The summed E-state index contributed by atoms with van der Waals surface area (Å²) in [5, 5.41) is 6.44. The molecule has 1 aromatic rings. The van der Waals surface area contributed by atoms with Crippen LogP contribution in [-0.2, 0) is 0 Å². The van der Waals surface area contributed by atoms with Crippen molar-refractivity contribution in [3.63, 3.8) is 0 Å². The van der Waals surface area contributed by atoms with E-state index in [0.717, 1.165) is 22.6 Å². The lowest BCUT2D eigenvalue weighted by molar-refractivity contribution is 0.897. The molecule has 1 rings (SSSR count). The molecule has 0 amide bonds. The monoisotopic (exact) mass is 304 g/mol. The van der Waals surface area contributed by atoms with Crippen molar-refractivity contribution in [3.8, 4) is 0 Å². The van der Waals surface area contributed by atoms with Gasteiger partial charge in [0.1, 0.15) is 5.82 Å². The Balaban J connectivity index is 2.73. The van der Waals surface area contributed by atoms with Gasteiger partial charge in [-0.1, -0.05) is 0 Å². The Kier molecular flexibility index (Phi) is 5.90. The molecule has 0 aromatic carbocycles. The van der Waals surface area contributed by atoms with Gasteiger partial charge in [0.25, 0.3) is 0 Å². The number of thioether (sulfide) groups is 1. The van der Waals surface area contributed by atoms with Gasteiger partial charge in [-0.05, 0) is 36.0 Å². The Bertz CT molecular complexity index is 335. The third-order valence-electron chi connectivity index (χ3n) is 1.88. The second kappa shape index (κ2) is 6.96. The number of anilines is 2. The fourth-order valence-corrected chi connectivity index (χ4v) is 2.13.